The van der Waals surface area contributed by atoms with Gasteiger partial charge in [-0.3, -0.25) is 9.59 Å². The summed E-state index contributed by atoms with van der Waals surface area (Å²) in [6.07, 6.45) is 2.32. The van der Waals surface area contributed by atoms with Crippen LogP contribution < -0.4 is 11.1 Å². The smallest absolute Gasteiger partial charge is 0.305 e. The monoisotopic (exact) mass is 289 g/mol. The van der Waals surface area contributed by atoms with Gasteiger partial charge in [0.1, 0.15) is 5.69 Å². The zero-order valence-corrected chi connectivity index (χ0v) is 12.0. The molecule has 0 fully saturated rings. The van der Waals surface area contributed by atoms with Crippen molar-refractivity contribution >= 4 is 11.9 Å². The van der Waals surface area contributed by atoms with Gasteiger partial charge in [-0.2, -0.15) is 0 Å². The molecular formula is C15H19N3O3. The molecule has 1 amide bonds. The van der Waals surface area contributed by atoms with Crippen molar-refractivity contribution in [3.05, 3.63) is 29.6 Å². The van der Waals surface area contributed by atoms with E-state index in [1.165, 1.54) is 6.20 Å². The van der Waals surface area contributed by atoms with E-state index in [4.69, 9.17) is 10.5 Å². The molecule has 1 heterocycles. The highest BCUT2D eigenvalue weighted by Crippen LogP contribution is 2.03. The second kappa shape index (κ2) is 9.50. The Balaban J connectivity index is 2.51. The molecule has 0 aliphatic heterocycles. The van der Waals surface area contributed by atoms with E-state index in [2.05, 4.69) is 22.1 Å². The molecule has 0 aromatic carbocycles. The van der Waals surface area contributed by atoms with Gasteiger partial charge in [0.2, 0.25) is 0 Å². The molecular weight excluding hydrogens is 270 g/mol. The molecule has 0 radical (unpaired) electrons. The molecule has 6 heteroatoms. The van der Waals surface area contributed by atoms with Crippen molar-refractivity contribution in [1.82, 2.24) is 10.3 Å². The summed E-state index contributed by atoms with van der Waals surface area (Å²) in [5, 5.41) is 2.71. The zero-order valence-electron chi connectivity index (χ0n) is 12.0. The van der Waals surface area contributed by atoms with E-state index in [9.17, 15) is 9.59 Å². The number of ether oxygens (including phenoxy) is 1. The summed E-state index contributed by atoms with van der Waals surface area (Å²) in [5.74, 6) is 4.92. The quantitative estimate of drug-likeness (QED) is 0.451. The predicted molar refractivity (Wildman–Crippen MR) is 78.4 cm³/mol. The van der Waals surface area contributed by atoms with Crippen molar-refractivity contribution in [1.29, 1.82) is 0 Å². The van der Waals surface area contributed by atoms with Crippen molar-refractivity contribution in [2.24, 2.45) is 5.73 Å². The topological polar surface area (TPSA) is 94.3 Å². The first kappa shape index (κ1) is 16.7. The normalized spacial score (nSPS) is 9.43. The average molecular weight is 289 g/mol. The number of carbonyl (C=O) groups excluding carboxylic acids is 2. The van der Waals surface area contributed by atoms with Crippen LogP contribution in [0, 0.1) is 11.8 Å². The van der Waals surface area contributed by atoms with E-state index in [1.807, 2.05) is 0 Å². The largest absolute Gasteiger partial charge is 0.466 e. The number of nitrogens with two attached hydrogens (primary N) is 1. The number of esters is 1. The van der Waals surface area contributed by atoms with Crippen molar-refractivity contribution < 1.29 is 14.3 Å². The number of aromatic nitrogens is 1. The maximum Gasteiger partial charge on any atom is 0.305 e. The minimum Gasteiger partial charge on any atom is -0.466 e. The molecule has 0 spiro atoms. The molecule has 0 unspecified atom stereocenters. The Morgan fingerprint density at radius 2 is 2.29 bits per heavy atom. The van der Waals surface area contributed by atoms with Gasteiger partial charge >= 0.3 is 5.97 Å². The van der Waals surface area contributed by atoms with Gasteiger partial charge in [0, 0.05) is 19.2 Å². The first-order valence-corrected chi connectivity index (χ1v) is 6.76. The first-order valence-electron chi connectivity index (χ1n) is 6.76. The van der Waals surface area contributed by atoms with Gasteiger partial charge in [-0.1, -0.05) is 11.8 Å². The highest BCUT2D eigenvalue weighted by molar-refractivity contribution is 5.94. The summed E-state index contributed by atoms with van der Waals surface area (Å²) in [6, 6.07) is 3.42. The molecule has 0 aliphatic rings. The number of nitrogens with one attached hydrogen (secondary N) is 1. The summed E-state index contributed by atoms with van der Waals surface area (Å²) in [4.78, 5) is 27.2. The Labute approximate surface area is 124 Å². The van der Waals surface area contributed by atoms with E-state index in [-0.39, 0.29) is 30.5 Å². The van der Waals surface area contributed by atoms with E-state index >= 15 is 0 Å². The molecule has 0 bridgehead atoms. The van der Waals surface area contributed by atoms with Crippen molar-refractivity contribution in [2.75, 3.05) is 19.7 Å². The van der Waals surface area contributed by atoms with Crippen LogP contribution in [0.4, 0.5) is 0 Å². The van der Waals surface area contributed by atoms with Crippen LogP contribution in [-0.2, 0) is 9.53 Å². The number of hydrogen-bond acceptors (Lipinski definition) is 5. The fourth-order valence-corrected chi connectivity index (χ4v) is 1.58. The lowest BCUT2D eigenvalue weighted by atomic mass is 10.2. The Hall–Kier alpha value is -2.39. The van der Waals surface area contributed by atoms with Gasteiger partial charge in [0.15, 0.2) is 0 Å². The number of hydrogen-bond donors (Lipinski definition) is 2. The number of nitrogens with zero attached hydrogens (tertiary/aromatic N) is 1. The van der Waals surface area contributed by atoms with Gasteiger partial charge in [-0.25, -0.2) is 4.98 Å². The predicted octanol–water partition coefficient (Wildman–Crippen LogP) is 0.465. The first-order chi connectivity index (χ1) is 10.2. The Morgan fingerprint density at radius 1 is 1.48 bits per heavy atom. The molecule has 112 valence electrons. The third-order valence-electron chi connectivity index (χ3n) is 2.50. The zero-order chi connectivity index (χ0) is 15.5. The maximum absolute atomic E-state index is 12.0. The molecule has 0 saturated heterocycles. The highest BCUT2D eigenvalue weighted by atomic mass is 16.5. The van der Waals surface area contributed by atoms with Crippen molar-refractivity contribution in [3.8, 4) is 11.8 Å². The van der Waals surface area contributed by atoms with Gasteiger partial charge in [0.05, 0.1) is 18.7 Å². The number of rotatable bonds is 6. The lowest BCUT2D eigenvalue weighted by Crippen LogP contribution is -2.26. The van der Waals surface area contributed by atoms with Gasteiger partial charge in [-0.15, -0.1) is 0 Å². The minimum atomic E-state index is -0.319. The lowest BCUT2D eigenvalue weighted by molar-refractivity contribution is -0.143. The van der Waals surface area contributed by atoms with Crippen molar-refractivity contribution in [3.63, 3.8) is 0 Å². The average Bonchev–Trinajstić information content (AvgIpc) is 2.50. The number of carbonyl (C=O) groups is 2. The summed E-state index contributed by atoms with van der Waals surface area (Å²) in [6.45, 7) is 2.71. The van der Waals surface area contributed by atoms with Crippen LogP contribution in [0.1, 0.15) is 35.8 Å². The van der Waals surface area contributed by atoms with Crippen LogP contribution in [0.25, 0.3) is 0 Å². The third-order valence-corrected chi connectivity index (χ3v) is 2.50. The summed E-state index contributed by atoms with van der Waals surface area (Å²) >= 11 is 0. The molecule has 3 N–H and O–H groups in total. The second-order valence-corrected chi connectivity index (χ2v) is 4.07. The third kappa shape index (κ3) is 6.06. The summed E-state index contributed by atoms with van der Waals surface area (Å²) in [7, 11) is 0. The molecule has 1 rings (SSSR count). The minimum absolute atomic E-state index is 0.218. The van der Waals surface area contributed by atoms with Crippen LogP contribution in [0.2, 0.25) is 0 Å². The van der Waals surface area contributed by atoms with Gasteiger partial charge in [0.25, 0.3) is 5.91 Å². The standard InChI is InChI=1S/C15H19N3O3/c1-2-21-13(19)8-5-11-18-15(20)14-12(6-3-9-16)7-4-10-17-14/h4,7,10H,2,5,8-9,11,16H2,1H3,(H,18,20). The molecule has 1 aromatic rings. The second-order valence-electron chi connectivity index (χ2n) is 4.07. The van der Waals surface area contributed by atoms with E-state index in [1.54, 1.807) is 19.1 Å². The van der Waals surface area contributed by atoms with Gasteiger partial charge < -0.3 is 15.8 Å². The van der Waals surface area contributed by atoms with Crippen LogP contribution >= 0.6 is 0 Å². The van der Waals surface area contributed by atoms with Crippen LogP contribution in [0.3, 0.4) is 0 Å². The number of amides is 1. The van der Waals surface area contributed by atoms with Gasteiger partial charge in [-0.05, 0) is 25.5 Å². The fourth-order valence-electron chi connectivity index (χ4n) is 1.58. The Kier molecular flexibility index (Phi) is 7.54. The summed E-state index contributed by atoms with van der Waals surface area (Å²) < 4.78 is 4.80. The summed E-state index contributed by atoms with van der Waals surface area (Å²) in [5.41, 5.74) is 6.11. The van der Waals surface area contributed by atoms with E-state index < -0.39 is 0 Å². The van der Waals surface area contributed by atoms with E-state index in [0.29, 0.717) is 25.1 Å². The molecule has 1 aromatic heterocycles. The lowest BCUT2D eigenvalue weighted by Gasteiger charge is -2.06. The van der Waals surface area contributed by atoms with Crippen molar-refractivity contribution in [2.45, 2.75) is 19.8 Å². The molecule has 0 atom stereocenters. The SMILES string of the molecule is CCOC(=O)CCCNC(=O)c1ncccc1C#CCN. The maximum atomic E-state index is 12.0. The number of pyridine rings is 1. The molecule has 21 heavy (non-hydrogen) atoms. The fraction of sp³-hybridized carbons (Fsp3) is 0.400. The van der Waals surface area contributed by atoms with Crippen LogP contribution in [-0.4, -0.2) is 36.6 Å². The van der Waals surface area contributed by atoms with Crippen LogP contribution in [0.5, 0.6) is 0 Å². The van der Waals surface area contributed by atoms with Crippen LogP contribution in [0.15, 0.2) is 18.3 Å². The van der Waals surface area contributed by atoms with E-state index in [0.717, 1.165) is 0 Å². The highest BCUT2D eigenvalue weighted by Gasteiger charge is 2.11. The Bertz CT molecular complexity index is 547. The molecule has 6 nitrogen and oxygen atoms in total. The Morgan fingerprint density at radius 3 is 3.00 bits per heavy atom. The molecule has 0 saturated carbocycles. The molecule has 0 aliphatic carbocycles.